The Morgan fingerprint density at radius 1 is 1.24 bits per heavy atom. The van der Waals surface area contributed by atoms with E-state index < -0.39 is 0 Å². The molecule has 3 atom stereocenters. The van der Waals surface area contributed by atoms with Crippen molar-refractivity contribution in [2.45, 2.75) is 44.6 Å². The van der Waals surface area contributed by atoms with Gasteiger partial charge in [0, 0.05) is 19.0 Å². The van der Waals surface area contributed by atoms with Gasteiger partial charge in [-0.2, -0.15) is 0 Å². The zero-order valence-corrected chi connectivity index (χ0v) is 10.6. The molecule has 2 heterocycles. The average molecular weight is 237 g/mol. The lowest BCUT2D eigenvalue weighted by Crippen LogP contribution is -2.47. The van der Waals surface area contributed by atoms with Gasteiger partial charge in [0.15, 0.2) is 0 Å². The van der Waals surface area contributed by atoms with E-state index in [2.05, 4.69) is 4.90 Å². The molecule has 3 unspecified atom stereocenters. The summed E-state index contributed by atoms with van der Waals surface area (Å²) in [6.45, 7) is 3.46. The Morgan fingerprint density at radius 3 is 3.00 bits per heavy atom. The highest BCUT2D eigenvalue weighted by atomic mass is 16.5. The minimum Gasteiger partial charge on any atom is -0.380 e. The Balaban J connectivity index is 1.61. The van der Waals surface area contributed by atoms with Crippen molar-refractivity contribution >= 4 is 5.78 Å². The first kappa shape index (κ1) is 11.7. The van der Waals surface area contributed by atoms with Crippen molar-refractivity contribution in [3.63, 3.8) is 0 Å². The fourth-order valence-corrected chi connectivity index (χ4v) is 3.92. The van der Waals surface area contributed by atoms with E-state index in [-0.39, 0.29) is 5.92 Å². The number of fused-ring (bicyclic) bond motifs is 1. The molecular formula is C14H23NO2. The van der Waals surface area contributed by atoms with Crippen LogP contribution in [0.5, 0.6) is 0 Å². The smallest absolute Gasteiger partial charge is 0.141 e. The second-order valence-corrected chi connectivity index (χ2v) is 5.88. The molecule has 3 heteroatoms. The molecule has 96 valence electrons. The second-order valence-electron chi connectivity index (χ2n) is 5.88. The molecule has 2 aliphatic heterocycles. The van der Waals surface area contributed by atoms with Gasteiger partial charge in [-0.15, -0.1) is 0 Å². The van der Waals surface area contributed by atoms with Gasteiger partial charge in [-0.05, 0) is 38.1 Å². The van der Waals surface area contributed by atoms with Crippen LogP contribution in [0.25, 0.3) is 0 Å². The molecule has 17 heavy (non-hydrogen) atoms. The van der Waals surface area contributed by atoms with Crippen molar-refractivity contribution in [3.05, 3.63) is 0 Å². The Morgan fingerprint density at radius 2 is 2.12 bits per heavy atom. The van der Waals surface area contributed by atoms with Crippen LogP contribution in [0.4, 0.5) is 0 Å². The van der Waals surface area contributed by atoms with Crippen molar-refractivity contribution in [1.82, 2.24) is 4.90 Å². The fraction of sp³-hybridized carbons (Fsp3) is 0.929. The van der Waals surface area contributed by atoms with Crippen LogP contribution >= 0.6 is 0 Å². The molecular weight excluding hydrogens is 214 g/mol. The Kier molecular flexibility index (Phi) is 3.48. The number of carbonyl (C=O) groups excluding carboxylic acids is 1. The van der Waals surface area contributed by atoms with Crippen LogP contribution in [0.1, 0.15) is 38.5 Å². The first-order valence-electron chi connectivity index (χ1n) is 7.19. The van der Waals surface area contributed by atoms with Gasteiger partial charge in [-0.1, -0.05) is 6.42 Å². The van der Waals surface area contributed by atoms with Crippen LogP contribution in [-0.2, 0) is 9.53 Å². The lowest BCUT2D eigenvalue weighted by Gasteiger charge is -2.39. The third-order valence-electron chi connectivity index (χ3n) is 4.83. The molecule has 1 saturated carbocycles. The molecule has 0 aromatic heterocycles. The normalized spacial score (nSPS) is 39.3. The highest BCUT2D eigenvalue weighted by Gasteiger charge is 2.37. The molecule has 1 aliphatic carbocycles. The molecule has 0 aromatic rings. The number of carbonyl (C=O) groups is 1. The number of ether oxygens (including phenoxy) is 1. The number of hydrogen-bond donors (Lipinski definition) is 0. The number of nitrogens with zero attached hydrogens (tertiary/aromatic N) is 1. The van der Waals surface area contributed by atoms with Crippen LogP contribution in [-0.4, -0.2) is 43.0 Å². The molecule has 3 aliphatic rings. The molecule has 3 fully saturated rings. The average Bonchev–Trinajstić information content (AvgIpc) is 2.81. The number of hydrogen-bond acceptors (Lipinski definition) is 3. The highest BCUT2D eigenvalue weighted by molar-refractivity contribution is 5.82. The van der Waals surface area contributed by atoms with E-state index >= 15 is 0 Å². The summed E-state index contributed by atoms with van der Waals surface area (Å²) in [5, 5.41) is 0. The van der Waals surface area contributed by atoms with Gasteiger partial charge in [0.1, 0.15) is 5.78 Å². The molecule has 0 spiro atoms. The van der Waals surface area contributed by atoms with Crippen LogP contribution in [0.15, 0.2) is 0 Å². The number of rotatable bonds is 2. The van der Waals surface area contributed by atoms with Gasteiger partial charge in [0.25, 0.3) is 0 Å². The summed E-state index contributed by atoms with van der Waals surface area (Å²) >= 11 is 0. The molecule has 0 N–H and O–H groups in total. The van der Waals surface area contributed by atoms with Crippen LogP contribution in [0.3, 0.4) is 0 Å². The van der Waals surface area contributed by atoms with Gasteiger partial charge >= 0.3 is 0 Å². The molecule has 3 rings (SSSR count). The Hall–Kier alpha value is -0.410. The number of ketones is 1. The van der Waals surface area contributed by atoms with E-state index in [0.29, 0.717) is 25.4 Å². The van der Waals surface area contributed by atoms with Crippen LogP contribution < -0.4 is 0 Å². The lowest BCUT2D eigenvalue weighted by molar-refractivity contribution is -0.132. The largest absolute Gasteiger partial charge is 0.380 e. The first-order valence-corrected chi connectivity index (χ1v) is 7.19. The topological polar surface area (TPSA) is 29.5 Å². The molecule has 0 radical (unpaired) electrons. The predicted octanol–water partition coefficient (Wildman–Crippen LogP) is 1.86. The Bertz CT molecular complexity index is 292. The van der Waals surface area contributed by atoms with Gasteiger partial charge in [-0.3, -0.25) is 9.69 Å². The van der Waals surface area contributed by atoms with E-state index in [1.165, 1.54) is 38.6 Å². The highest BCUT2D eigenvalue weighted by Crippen LogP contribution is 2.37. The van der Waals surface area contributed by atoms with Gasteiger partial charge in [0.2, 0.25) is 0 Å². The number of Topliss-reactive ketones (excluding diaryl/α,β-unsaturated/α-hetero) is 1. The Labute approximate surface area is 104 Å². The van der Waals surface area contributed by atoms with E-state index in [1.54, 1.807) is 0 Å². The maximum atomic E-state index is 11.9. The fourth-order valence-electron chi connectivity index (χ4n) is 3.92. The van der Waals surface area contributed by atoms with Crippen molar-refractivity contribution in [2.24, 2.45) is 11.8 Å². The lowest BCUT2D eigenvalue weighted by atomic mass is 9.90. The van der Waals surface area contributed by atoms with Crippen LogP contribution in [0.2, 0.25) is 0 Å². The SMILES string of the molecule is O=C1CCOCC1CN1CCCC2CCCC21. The molecule has 0 aromatic carbocycles. The van der Waals surface area contributed by atoms with Gasteiger partial charge < -0.3 is 4.74 Å². The summed E-state index contributed by atoms with van der Waals surface area (Å²) < 4.78 is 5.46. The summed E-state index contributed by atoms with van der Waals surface area (Å²) in [7, 11) is 0. The molecule has 2 saturated heterocycles. The van der Waals surface area contributed by atoms with Crippen LogP contribution in [0, 0.1) is 11.8 Å². The maximum Gasteiger partial charge on any atom is 0.141 e. The quantitative estimate of drug-likeness (QED) is 0.734. The van der Waals surface area contributed by atoms with E-state index in [1.807, 2.05) is 0 Å². The van der Waals surface area contributed by atoms with Crippen molar-refractivity contribution in [3.8, 4) is 0 Å². The van der Waals surface area contributed by atoms with Crippen molar-refractivity contribution in [1.29, 1.82) is 0 Å². The monoisotopic (exact) mass is 237 g/mol. The third-order valence-corrected chi connectivity index (χ3v) is 4.83. The van der Waals surface area contributed by atoms with Crippen molar-refractivity contribution < 1.29 is 9.53 Å². The minimum atomic E-state index is 0.156. The van der Waals surface area contributed by atoms with E-state index in [0.717, 1.165) is 18.5 Å². The molecule has 3 nitrogen and oxygen atoms in total. The molecule has 0 amide bonds. The maximum absolute atomic E-state index is 11.9. The standard InChI is InChI=1S/C14H23NO2/c16-14-6-8-17-10-12(14)9-15-7-2-4-11-3-1-5-13(11)15/h11-13H,1-10H2. The number of piperidine rings is 1. The summed E-state index contributed by atoms with van der Waals surface area (Å²) in [6.07, 6.45) is 7.52. The third kappa shape index (κ3) is 2.41. The number of likely N-dealkylation sites (tertiary alicyclic amines) is 1. The van der Waals surface area contributed by atoms with Crippen molar-refractivity contribution in [2.75, 3.05) is 26.3 Å². The minimum absolute atomic E-state index is 0.156. The van der Waals surface area contributed by atoms with Gasteiger partial charge in [0.05, 0.1) is 19.1 Å². The first-order chi connectivity index (χ1) is 8.34. The summed E-state index contributed by atoms with van der Waals surface area (Å²) in [6, 6.07) is 0.776. The van der Waals surface area contributed by atoms with E-state index in [9.17, 15) is 4.79 Å². The van der Waals surface area contributed by atoms with E-state index in [4.69, 9.17) is 4.74 Å². The second kappa shape index (κ2) is 5.07. The predicted molar refractivity (Wildman–Crippen MR) is 65.9 cm³/mol. The van der Waals surface area contributed by atoms with Gasteiger partial charge in [-0.25, -0.2) is 0 Å². The zero-order valence-electron chi connectivity index (χ0n) is 10.6. The summed E-state index contributed by atoms with van der Waals surface area (Å²) in [5.41, 5.74) is 0. The zero-order chi connectivity index (χ0) is 11.7. The molecule has 0 bridgehead atoms. The summed E-state index contributed by atoms with van der Waals surface area (Å²) in [4.78, 5) is 14.4. The summed E-state index contributed by atoms with van der Waals surface area (Å²) in [5.74, 6) is 1.50.